The number of nitrogens with one attached hydrogen (secondary N) is 1. The molecule has 0 radical (unpaired) electrons. The first kappa shape index (κ1) is 15.9. The fraction of sp³-hybridized carbons (Fsp3) is 0.500. The number of hydrogen-bond acceptors (Lipinski definition) is 3. The van der Waals surface area contributed by atoms with Crippen molar-refractivity contribution in [1.82, 2.24) is 14.9 Å². The van der Waals surface area contributed by atoms with Crippen LogP contribution in [-0.2, 0) is 0 Å². The third-order valence-electron chi connectivity index (χ3n) is 6.91. The number of rotatable bonds is 2. The van der Waals surface area contributed by atoms with Gasteiger partial charge in [-0.1, -0.05) is 24.3 Å². The molecule has 3 N–H and O–H groups in total. The molecular weight excluding hydrogens is 330 g/mol. The molecule has 0 saturated heterocycles. The van der Waals surface area contributed by atoms with Crippen LogP contribution in [0.3, 0.4) is 0 Å². The van der Waals surface area contributed by atoms with Gasteiger partial charge in [-0.15, -0.1) is 0 Å². The van der Waals surface area contributed by atoms with Crippen LogP contribution in [0.25, 0.3) is 11.3 Å². The molecule has 1 spiro atoms. The number of aliphatic hydroxyl groups is 1. The molecule has 6 heteroatoms. The molecule has 6 nitrogen and oxygen atoms in total. The third-order valence-corrected chi connectivity index (χ3v) is 6.91. The topological polar surface area (TPSA) is 87.4 Å². The largest absolute Gasteiger partial charge is 0.465 e. The molecule has 1 amide bonds. The molecule has 1 aliphatic heterocycles. The summed E-state index contributed by atoms with van der Waals surface area (Å²) in [5.41, 5.74) is 3.59. The zero-order chi connectivity index (χ0) is 17.9. The van der Waals surface area contributed by atoms with Crippen LogP contribution in [0.4, 0.5) is 4.79 Å². The summed E-state index contributed by atoms with van der Waals surface area (Å²) in [6, 6.07) is 8.59. The zero-order valence-electron chi connectivity index (χ0n) is 14.5. The molecule has 1 unspecified atom stereocenters. The quantitative estimate of drug-likeness (QED) is 0.774. The Hall–Kier alpha value is -2.34. The Morgan fingerprint density at radius 2 is 2.04 bits per heavy atom. The lowest BCUT2D eigenvalue weighted by Crippen LogP contribution is -2.57. The van der Waals surface area contributed by atoms with Crippen molar-refractivity contribution in [1.29, 1.82) is 0 Å². The first-order valence-electron chi connectivity index (χ1n) is 9.38. The Morgan fingerprint density at radius 1 is 1.27 bits per heavy atom. The number of amides is 1. The molecule has 1 aromatic heterocycles. The average molecular weight is 353 g/mol. The molecule has 26 heavy (non-hydrogen) atoms. The molecular formula is C20H23N3O3. The van der Waals surface area contributed by atoms with Crippen LogP contribution >= 0.6 is 0 Å². The van der Waals surface area contributed by atoms with E-state index in [9.17, 15) is 9.90 Å². The second-order valence-electron chi connectivity index (χ2n) is 8.12. The van der Waals surface area contributed by atoms with Gasteiger partial charge in [0, 0.05) is 17.5 Å². The molecule has 2 aliphatic carbocycles. The Morgan fingerprint density at radius 3 is 2.77 bits per heavy atom. The smallest absolute Gasteiger partial charge is 0.404 e. The van der Waals surface area contributed by atoms with Crippen molar-refractivity contribution in [3.8, 4) is 11.3 Å². The second-order valence-corrected chi connectivity index (χ2v) is 8.12. The number of aliphatic hydroxyl groups excluding tert-OH is 1. The van der Waals surface area contributed by atoms with E-state index in [1.807, 2.05) is 18.6 Å². The minimum atomic E-state index is -0.951. The molecule has 2 heterocycles. The first-order chi connectivity index (χ1) is 12.6. The first-order valence-corrected chi connectivity index (χ1v) is 9.38. The van der Waals surface area contributed by atoms with Crippen molar-refractivity contribution in [2.75, 3.05) is 0 Å². The number of carboxylic acid groups (broad SMARTS) is 1. The van der Waals surface area contributed by atoms with Crippen LogP contribution in [-0.4, -0.2) is 38.0 Å². The summed E-state index contributed by atoms with van der Waals surface area (Å²) in [4.78, 5) is 15.2. The predicted molar refractivity (Wildman–Crippen MR) is 95.8 cm³/mol. The highest BCUT2D eigenvalue weighted by molar-refractivity contribution is 5.69. The van der Waals surface area contributed by atoms with Gasteiger partial charge < -0.3 is 20.1 Å². The standard InChI is InChI=1S/C20H23N3O3/c24-18-15(9-20(18)7-5-12(6-8-20)22-19(25)26)17-14-4-2-1-3-13(14)16-10-21-11-23(16)17/h1-4,10-12,15,17-18,22,24H,5-9H2,(H,25,26)/t12?,15-,17?,18-,20?/m1/s1. The van der Waals surface area contributed by atoms with Gasteiger partial charge in [-0.3, -0.25) is 0 Å². The fourth-order valence-electron chi connectivity index (χ4n) is 5.60. The number of hydrogen-bond donors (Lipinski definition) is 3. The highest BCUT2D eigenvalue weighted by atomic mass is 16.4. The number of nitrogens with zero attached hydrogens (tertiary/aromatic N) is 2. The number of aromatic nitrogens is 2. The van der Waals surface area contributed by atoms with Crippen LogP contribution in [0.2, 0.25) is 0 Å². The van der Waals surface area contributed by atoms with E-state index >= 15 is 0 Å². The monoisotopic (exact) mass is 353 g/mol. The van der Waals surface area contributed by atoms with Gasteiger partial charge in [-0.05, 0) is 43.1 Å². The number of carbonyl (C=O) groups is 1. The van der Waals surface area contributed by atoms with Crippen molar-refractivity contribution in [2.45, 2.75) is 50.3 Å². The van der Waals surface area contributed by atoms with Gasteiger partial charge in [-0.25, -0.2) is 9.78 Å². The van der Waals surface area contributed by atoms with Crippen molar-refractivity contribution in [3.05, 3.63) is 42.4 Å². The van der Waals surface area contributed by atoms with E-state index in [0.717, 1.165) is 37.8 Å². The SMILES string of the molecule is O=C(O)NC1CCC2(CC1)C[C@H](C1c3ccccc3-c3cncn31)[C@H]2O. The van der Waals surface area contributed by atoms with Gasteiger partial charge in [-0.2, -0.15) is 0 Å². The van der Waals surface area contributed by atoms with Gasteiger partial charge in [0.05, 0.1) is 30.4 Å². The van der Waals surface area contributed by atoms with Crippen LogP contribution in [0.5, 0.6) is 0 Å². The molecule has 136 valence electrons. The second kappa shape index (κ2) is 5.58. The number of imidazole rings is 1. The van der Waals surface area contributed by atoms with Gasteiger partial charge in [0.2, 0.25) is 0 Å². The maximum atomic E-state index is 11.1. The summed E-state index contributed by atoms with van der Waals surface area (Å²) in [6.07, 6.45) is 6.88. The summed E-state index contributed by atoms with van der Waals surface area (Å²) < 4.78 is 2.21. The van der Waals surface area contributed by atoms with Crippen LogP contribution < -0.4 is 5.32 Å². The van der Waals surface area contributed by atoms with E-state index in [1.54, 1.807) is 0 Å². The maximum absolute atomic E-state index is 11.1. The summed E-state index contributed by atoms with van der Waals surface area (Å²) in [5.74, 6) is 0.190. The van der Waals surface area contributed by atoms with Crippen molar-refractivity contribution in [3.63, 3.8) is 0 Å². The summed E-state index contributed by atoms with van der Waals surface area (Å²) in [6.45, 7) is 0. The van der Waals surface area contributed by atoms with Crippen LogP contribution in [0.15, 0.2) is 36.8 Å². The van der Waals surface area contributed by atoms with Crippen molar-refractivity contribution < 1.29 is 15.0 Å². The third kappa shape index (κ3) is 2.14. The Bertz CT molecular complexity index is 853. The number of fused-ring (bicyclic) bond motifs is 3. The highest BCUT2D eigenvalue weighted by Gasteiger charge is 2.57. The molecule has 3 aliphatic rings. The van der Waals surface area contributed by atoms with E-state index in [4.69, 9.17) is 5.11 Å². The molecule has 3 atom stereocenters. The minimum absolute atomic E-state index is 0.0248. The van der Waals surface area contributed by atoms with E-state index < -0.39 is 6.09 Å². The van der Waals surface area contributed by atoms with E-state index in [2.05, 4.69) is 33.1 Å². The Balaban J connectivity index is 1.36. The molecule has 5 rings (SSSR count). The van der Waals surface area contributed by atoms with E-state index in [1.165, 1.54) is 11.1 Å². The summed E-state index contributed by atoms with van der Waals surface area (Å²) in [5, 5.41) is 22.6. The summed E-state index contributed by atoms with van der Waals surface area (Å²) >= 11 is 0. The normalized spacial score (nSPS) is 34.8. The van der Waals surface area contributed by atoms with E-state index in [-0.39, 0.29) is 29.5 Å². The summed E-state index contributed by atoms with van der Waals surface area (Å²) in [7, 11) is 0. The van der Waals surface area contributed by atoms with Gasteiger partial charge >= 0.3 is 6.09 Å². The number of benzene rings is 1. The minimum Gasteiger partial charge on any atom is -0.465 e. The van der Waals surface area contributed by atoms with Crippen LogP contribution in [0, 0.1) is 11.3 Å². The molecule has 2 fully saturated rings. The predicted octanol–water partition coefficient (Wildman–Crippen LogP) is 3.03. The average Bonchev–Trinajstić information content (AvgIpc) is 3.22. The maximum Gasteiger partial charge on any atom is 0.404 e. The van der Waals surface area contributed by atoms with Gasteiger partial charge in [0.25, 0.3) is 0 Å². The van der Waals surface area contributed by atoms with Crippen molar-refractivity contribution >= 4 is 6.09 Å². The molecule has 2 aromatic rings. The van der Waals surface area contributed by atoms with Crippen molar-refractivity contribution in [2.24, 2.45) is 11.3 Å². The van der Waals surface area contributed by atoms with Gasteiger partial charge in [0.15, 0.2) is 0 Å². The molecule has 1 aromatic carbocycles. The lowest BCUT2D eigenvalue weighted by atomic mass is 9.51. The zero-order valence-corrected chi connectivity index (χ0v) is 14.5. The van der Waals surface area contributed by atoms with Crippen LogP contribution in [0.1, 0.15) is 43.7 Å². The Labute approximate surface area is 151 Å². The van der Waals surface area contributed by atoms with Gasteiger partial charge in [0.1, 0.15) is 0 Å². The lowest BCUT2D eigenvalue weighted by Gasteiger charge is -2.57. The molecule has 0 bridgehead atoms. The highest BCUT2D eigenvalue weighted by Crippen LogP contribution is 2.60. The van der Waals surface area contributed by atoms with E-state index in [0.29, 0.717) is 0 Å². The fourth-order valence-corrected chi connectivity index (χ4v) is 5.60. The lowest BCUT2D eigenvalue weighted by molar-refractivity contribution is -0.152. The Kier molecular flexibility index (Phi) is 3.41. The molecule has 2 saturated carbocycles.